The Balaban J connectivity index is 2.83. The van der Waals surface area contributed by atoms with Gasteiger partial charge in [0.2, 0.25) is 0 Å². The average molecular weight is 320 g/mol. The number of rotatable bonds is 2. The number of nitrogens with one attached hydrogen (secondary N) is 2. The molecule has 0 aliphatic heterocycles. The molecule has 2 aromatic heterocycles. The number of hydrogen-bond acceptors (Lipinski definition) is 3. The van der Waals surface area contributed by atoms with Crippen molar-refractivity contribution in [3.8, 4) is 0 Å². The zero-order valence-electron chi connectivity index (χ0n) is 9.43. The lowest BCUT2D eigenvalue weighted by Crippen LogP contribution is -2.59. The summed E-state index contributed by atoms with van der Waals surface area (Å²) in [6.07, 6.45) is -5.92. The van der Waals surface area contributed by atoms with E-state index < -0.39 is 45.1 Å². The Bertz CT molecular complexity index is 799. The number of aromatic nitrogens is 4. The van der Waals surface area contributed by atoms with Gasteiger partial charge in [0.05, 0.1) is 6.33 Å². The second kappa shape index (κ2) is 4.08. The molecule has 21 heavy (non-hydrogen) atoms. The van der Waals surface area contributed by atoms with Gasteiger partial charge in [-0.25, -0.2) is 9.78 Å². The Morgan fingerprint density at radius 1 is 1.05 bits per heavy atom. The molecule has 0 saturated heterocycles. The van der Waals surface area contributed by atoms with Crippen LogP contribution in [0.15, 0.2) is 15.9 Å². The fraction of sp³-hybridized carbons (Fsp3) is 0.375. The molecule has 2 heterocycles. The van der Waals surface area contributed by atoms with E-state index in [1.54, 1.807) is 0 Å². The van der Waals surface area contributed by atoms with Crippen molar-refractivity contribution in [2.24, 2.45) is 0 Å². The van der Waals surface area contributed by atoms with E-state index >= 15 is 0 Å². The topological polar surface area (TPSA) is 83.5 Å². The van der Waals surface area contributed by atoms with Crippen LogP contribution in [0.3, 0.4) is 0 Å². The van der Waals surface area contributed by atoms with E-state index in [4.69, 9.17) is 0 Å². The number of alkyl halides is 7. The molecule has 0 bridgehead atoms. The minimum atomic E-state index is -6.68. The zero-order valence-corrected chi connectivity index (χ0v) is 9.43. The second-order valence-corrected chi connectivity index (χ2v) is 3.81. The highest BCUT2D eigenvalue weighted by Gasteiger charge is 2.75. The summed E-state index contributed by atoms with van der Waals surface area (Å²) < 4.78 is 87.2. The largest absolute Gasteiger partial charge is 0.462 e. The van der Waals surface area contributed by atoms with Crippen LogP contribution in [0.2, 0.25) is 0 Å². The van der Waals surface area contributed by atoms with Crippen LogP contribution in [-0.2, 0) is 6.05 Å². The van der Waals surface area contributed by atoms with Crippen LogP contribution < -0.4 is 11.2 Å². The van der Waals surface area contributed by atoms with Crippen LogP contribution in [0.1, 0.15) is 0 Å². The van der Waals surface area contributed by atoms with Crippen LogP contribution in [0.25, 0.3) is 11.2 Å². The molecule has 0 aliphatic rings. The molecule has 13 heteroatoms. The van der Waals surface area contributed by atoms with Gasteiger partial charge >= 0.3 is 23.8 Å². The summed E-state index contributed by atoms with van der Waals surface area (Å²) in [6, 6.07) is -6.13. The van der Waals surface area contributed by atoms with E-state index in [1.165, 1.54) is 4.98 Å². The van der Waals surface area contributed by atoms with Gasteiger partial charge in [0.1, 0.15) is 5.52 Å². The van der Waals surface area contributed by atoms with Crippen molar-refractivity contribution in [1.29, 1.82) is 0 Å². The minimum Gasteiger partial charge on any atom is -0.339 e. The van der Waals surface area contributed by atoms with Crippen LogP contribution in [0.5, 0.6) is 0 Å². The molecule has 0 fully saturated rings. The lowest BCUT2D eigenvalue weighted by Gasteiger charge is -2.28. The molecule has 6 nitrogen and oxygen atoms in total. The number of nitrogens with zero attached hydrogens (tertiary/aromatic N) is 2. The van der Waals surface area contributed by atoms with Gasteiger partial charge < -0.3 is 4.98 Å². The first-order valence-electron chi connectivity index (χ1n) is 4.92. The molecular weight excluding hydrogens is 317 g/mol. The summed E-state index contributed by atoms with van der Waals surface area (Å²) in [6.45, 7) is 0. The highest BCUT2D eigenvalue weighted by molar-refractivity contribution is 5.67. The number of halogens is 7. The maximum atomic E-state index is 13.4. The highest BCUT2D eigenvalue weighted by atomic mass is 19.4. The number of aromatic amines is 2. The minimum absolute atomic E-state index is 0.563. The van der Waals surface area contributed by atoms with E-state index in [9.17, 15) is 40.3 Å². The third kappa shape index (κ3) is 1.91. The van der Waals surface area contributed by atoms with Gasteiger partial charge in [-0.3, -0.25) is 9.78 Å². The maximum Gasteiger partial charge on any atom is 0.462 e. The summed E-state index contributed by atoms with van der Waals surface area (Å²) in [4.78, 5) is 29.5. The van der Waals surface area contributed by atoms with E-state index in [1.807, 2.05) is 4.98 Å². The first kappa shape index (κ1) is 15.1. The Morgan fingerprint density at radius 2 is 1.62 bits per heavy atom. The Hall–Kier alpha value is -2.34. The standard InChI is InChI=1S/C8H3F7N4O2/c9-6(10,7(11,12)13)8(14,15)19-4(20)2-3(17-1-16-2)18-5(19)21/h1H,(H,16,17)(H,18,21). The first-order valence-corrected chi connectivity index (χ1v) is 4.92. The molecule has 2 rings (SSSR count). The molecular formula is C8H3F7N4O2. The molecule has 0 atom stereocenters. The smallest absolute Gasteiger partial charge is 0.339 e. The summed E-state index contributed by atoms with van der Waals surface area (Å²) in [7, 11) is 0. The van der Waals surface area contributed by atoms with Crippen molar-refractivity contribution in [2.45, 2.75) is 18.1 Å². The molecule has 0 aromatic carbocycles. The quantitative estimate of drug-likeness (QED) is 0.815. The van der Waals surface area contributed by atoms with Crippen LogP contribution in [-0.4, -0.2) is 31.6 Å². The predicted octanol–water partition coefficient (Wildman–Crippen LogP) is 1.16. The molecule has 0 aliphatic carbocycles. The zero-order chi connectivity index (χ0) is 16.2. The van der Waals surface area contributed by atoms with Gasteiger partial charge in [0.25, 0.3) is 5.56 Å². The van der Waals surface area contributed by atoms with Gasteiger partial charge in [-0.2, -0.15) is 35.3 Å². The number of hydrogen-bond donors (Lipinski definition) is 2. The summed E-state index contributed by atoms with van der Waals surface area (Å²) >= 11 is 0. The molecule has 2 N–H and O–H groups in total. The van der Waals surface area contributed by atoms with Gasteiger partial charge in [0, 0.05) is 0 Å². The number of H-pyrrole nitrogens is 2. The number of imidazole rings is 1. The van der Waals surface area contributed by atoms with Crippen molar-refractivity contribution < 1.29 is 30.7 Å². The summed E-state index contributed by atoms with van der Waals surface area (Å²) in [5, 5.41) is 0. The fourth-order valence-corrected chi connectivity index (χ4v) is 1.48. The monoisotopic (exact) mass is 320 g/mol. The van der Waals surface area contributed by atoms with Crippen molar-refractivity contribution in [3.05, 3.63) is 27.2 Å². The van der Waals surface area contributed by atoms with Crippen molar-refractivity contribution in [2.75, 3.05) is 0 Å². The lowest BCUT2D eigenvalue weighted by molar-refractivity contribution is -0.382. The van der Waals surface area contributed by atoms with Crippen LogP contribution >= 0.6 is 0 Å². The SMILES string of the molecule is O=c1[nH]c2nc[nH]c2c(=O)n1C(F)(F)C(F)(F)C(F)(F)F. The van der Waals surface area contributed by atoms with Gasteiger partial charge in [-0.1, -0.05) is 0 Å². The Labute approximate surface area is 108 Å². The molecule has 116 valence electrons. The Morgan fingerprint density at radius 3 is 2.14 bits per heavy atom. The van der Waals surface area contributed by atoms with E-state index in [0.717, 1.165) is 6.33 Å². The fourth-order valence-electron chi connectivity index (χ4n) is 1.48. The molecule has 2 aromatic rings. The van der Waals surface area contributed by atoms with Gasteiger partial charge in [0.15, 0.2) is 5.65 Å². The predicted molar refractivity (Wildman–Crippen MR) is 52.2 cm³/mol. The van der Waals surface area contributed by atoms with E-state index in [2.05, 4.69) is 4.98 Å². The van der Waals surface area contributed by atoms with Gasteiger partial charge in [-0.15, -0.1) is 0 Å². The maximum absolute atomic E-state index is 13.4. The first-order chi connectivity index (χ1) is 9.41. The summed E-state index contributed by atoms with van der Waals surface area (Å²) in [5.41, 5.74) is -5.65. The van der Waals surface area contributed by atoms with Crippen molar-refractivity contribution in [1.82, 2.24) is 19.5 Å². The van der Waals surface area contributed by atoms with E-state index in [-0.39, 0.29) is 0 Å². The summed E-state index contributed by atoms with van der Waals surface area (Å²) in [5.74, 6) is -6.63. The third-order valence-electron chi connectivity index (χ3n) is 2.50. The molecule has 0 spiro atoms. The third-order valence-corrected chi connectivity index (χ3v) is 2.50. The van der Waals surface area contributed by atoms with Crippen molar-refractivity contribution in [3.63, 3.8) is 0 Å². The lowest BCUT2D eigenvalue weighted by atomic mass is 10.2. The van der Waals surface area contributed by atoms with Gasteiger partial charge in [-0.05, 0) is 0 Å². The van der Waals surface area contributed by atoms with Crippen LogP contribution in [0, 0.1) is 0 Å². The average Bonchev–Trinajstić information content (AvgIpc) is 2.74. The molecule has 0 amide bonds. The molecule has 0 unspecified atom stereocenters. The normalized spacial score (nSPS) is 13.9. The molecule has 0 radical (unpaired) electrons. The van der Waals surface area contributed by atoms with Crippen molar-refractivity contribution >= 4 is 11.2 Å². The van der Waals surface area contributed by atoms with E-state index in [0.29, 0.717) is 0 Å². The second-order valence-electron chi connectivity index (χ2n) is 3.81. The number of fused-ring (bicyclic) bond motifs is 1. The highest BCUT2D eigenvalue weighted by Crippen LogP contribution is 2.48. The molecule has 0 saturated carbocycles. The Kier molecular flexibility index (Phi) is 2.93. The van der Waals surface area contributed by atoms with Crippen LogP contribution in [0.4, 0.5) is 30.7 Å².